The van der Waals surface area contributed by atoms with Crippen LogP contribution in [0.15, 0.2) is 9.98 Å². The zero-order chi connectivity index (χ0) is 8.43. The third-order valence-corrected chi connectivity index (χ3v) is 2.79. The first-order valence-corrected chi connectivity index (χ1v) is 4.16. The smallest absolute Gasteiger partial charge is 0.0750 e. The van der Waals surface area contributed by atoms with Gasteiger partial charge in [0.25, 0.3) is 0 Å². The van der Waals surface area contributed by atoms with Crippen LogP contribution in [0, 0.1) is 11.8 Å². The van der Waals surface area contributed by atoms with Gasteiger partial charge in [-0.2, -0.15) is 0 Å². The van der Waals surface area contributed by atoms with Gasteiger partial charge in [0.1, 0.15) is 0 Å². The van der Waals surface area contributed by atoms with E-state index < -0.39 is 0 Å². The van der Waals surface area contributed by atoms with E-state index in [9.17, 15) is 0 Å². The van der Waals surface area contributed by atoms with Gasteiger partial charge in [-0.15, -0.1) is 0 Å². The van der Waals surface area contributed by atoms with E-state index >= 15 is 0 Å². The van der Waals surface area contributed by atoms with Gasteiger partial charge in [-0.3, -0.25) is 9.98 Å². The van der Waals surface area contributed by atoms with Gasteiger partial charge in [0.2, 0.25) is 0 Å². The van der Waals surface area contributed by atoms with Crippen LogP contribution in [-0.2, 0) is 0 Å². The summed E-state index contributed by atoms with van der Waals surface area (Å²) < 4.78 is 0. The van der Waals surface area contributed by atoms with Crippen LogP contribution in [0.4, 0.5) is 0 Å². The summed E-state index contributed by atoms with van der Waals surface area (Å²) in [5, 5.41) is 0. The number of hydrogen-bond acceptors (Lipinski definition) is 2. The molecule has 0 aromatic carbocycles. The fourth-order valence-electron chi connectivity index (χ4n) is 1.77. The summed E-state index contributed by atoms with van der Waals surface area (Å²) in [7, 11) is 0. The SMILES string of the molecule is C=NC1C(C)C(C)[C@@H]1N=CC. The Balaban J connectivity index is 2.59. The summed E-state index contributed by atoms with van der Waals surface area (Å²) in [5.41, 5.74) is 0. The minimum Gasteiger partial charge on any atom is -0.295 e. The summed E-state index contributed by atoms with van der Waals surface area (Å²) in [6.45, 7) is 9.97. The maximum atomic E-state index is 4.35. The summed E-state index contributed by atoms with van der Waals surface area (Å²) in [5.74, 6) is 1.32. The highest BCUT2D eigenvalue weighted by Gasteiger charge is 2.44. The molecule has 0 aromatic rings. The Hall–Kier alpha value is -0.660. The van der Waals surface area contributed by atoms with Gasteiger partial charge in [0.05, 0.1) is 12.1 Å². The van der Waals surface area contributed by atoms with E-state index in [4.69, 9.17) is 0 Å². The molecule has 1 saturated carbocycles. The topological polar surface area (TPSA) is 24.7 Å². The summed E-state index contributed by atoms with van der Waals surface area (Å²) >= 11 is 0. The molecule has 0 radical (unpaired) electrons. The summed E-state index contributed by atoms with van der Waals surface area (Å²) in [6.07, 6.45) is 1.87. The van der Waals surface area contributed by atoms with Crippen LogP contribution < -0.4 is 0 Å². The molecule has 0 bridgehead atoms. The second kappa shape index (κ2) is 3.16. The molecule has 0 heterocycles. The van der Waals surface area contributed by atoms with Crippen LogP contribution in [0.25, 0.3) is 0 Å². The van der Waals surface area contributed by atoms with Crippen LogP contribution in [0.3, 0.4) is 0 Å². The van der Waals surface area contributed by atoms with Crippen molar-refractivity contribution in [1.82, 2.24) is 0 Å². The molecule has 1 rings (SSSR count). The Morgan fingerprint density at radius 3 is 2.18 bits per heavy atom. The zero-order valence-corrected chi connectivity index (χ0v) is 7.49. The summed E-state index contributed by atoms with van der Waals surface area (Å²) in [6, 6.07) is 0.758. The van der Waals surface area contributed by atoms with Gasteiger partial charge in [-0.25, -0.2) is 0 Å². The standard InChI is InChI=1S/C9H16N2/c1-5-11-9-7(3)6(2)8(9)10-4/h5-9H,4H2,1-3H3/t6?,7?,8?,9-/m0/s1. The Bertz CT molecular complexity index is 174. The highest BCUT2D eigenvalue weighted by molar-refractivity contribution is 5.54. The Morgan fingerprint density at radius 2 is 1.73 bits per heavy atom. The number of aliphatic imine (C=N–C) groups is 2. The van der Waals surface area contributed by atoms with Crippen LogP contribution >= 0.6 is 0 Å². The molecule has 11 heavy (non-hydrogen) atoms. The molecule has 0 spiro atoms. The van der Waals surface area contributed by atoms with Gasteiger partial charge in [-0.05, 0) is 31.7 Å². The molecule has 3 unspecified atom stereocenters. The van der Waals surface area contributed by atoms with E-state index in [0.29, 0.717) is 23.9 Å². The van der Waals surface area contributed by atoms with Gasteiger partial charge in [0, 0.05) is 0 Å². The minimum absolute atomic E-state index is 0.362. The van der Waals surface area contributed by atoms with Crippen LogP contribution in [0.5, 0.6) is 0 Å². The van der Waals surface area contributed by atoms with Crippen LogP contribution in [-0.4, -0.2) is 25.0 Å². The van der Waals surface area contributed by atoms with E-state index in [1.807, 2.05) is 13.1 Å². The van der Waals surface area contributed by atoms with Crippen molar-refractivity contribution in [1.29, 1.82) is 0 Å². The van der Waals surface area contributed by atoms with Crippen molar-refractivity contribution in [2.45, 2.75) is 32.9 Å². The molecule has 1 fully saturated rings. The van der Waals surface area contributed by atoms with Crippen molar-refractivity contribution >= 4 is 12.9 Å². The van der Waals surface area contributed by atoms with E-state index in [-0.39, 0.29) is 0 Å². The highest BCUT2D eigenvalue weighted by Crippen LogP contribution is 2.38. The number of hydrogen-bond donors (Lipinski definition) is 0. The molecular weight excluding hydrogens is 136 g/mol. The summed E-state index contributed by atoms with van der Waals surface area (Å²) in [4.78, 5) is 8.42. The lowest BCUT2D eigenvalue weighted by atomic mass is 9.67. The molecule has 1 aliphatic carbocycles. The lowest BCUT2D eigenvalue weighted by Gasteiger charge is -2.44. The number of rotatable bonds is 2. The highest BCUT2D eigenvalue weighted by atomic mass is 15.0. The Morgan fingerprint density at radius 1 is 1.18 bits per heavy atom. The maximum absolute atomic E-state index is 4.35. The normalized spacial score (nSPS) is 43.9. The number of nitrogens with zero attached hydrogens (tertiary/aromatic N) is 2. The van der Waals surface area contributed by atoms with Crippen LogP contribution in [0.1, 0.15) is 20.8 Å². The van der Waals surface area contributed by atoms with E-state index in [1.54, 1.807) is 0 Å². The van der Waals surface area contributed by atoms with Crippen molar-refractivity contribution in [2.75, 3.05) is 0 Å². The first-order valence-electron chi connectivity index (χ1n) is 4.16. The lowest BCUT2D eigenvalue weighted by molar-refractivity contribution is 0.135. The van der Waals surface area contributed by atoms with Gasteiger partial charge in [0.15, 0.2) is 0 Å². The van der Waals surface area contributed by atoms with Crippen molar-refractivity contribution in [3.8, 4) is 0 Å². The molecule has 0 aromatic heterocycles. The first kappa shape index (κ1) is 8.44. The van der Waals surface area contributed by atoms with Crippen LogP contribution in [0.2, 0.25) is 0 Å². The second-order valence-electron chi connectivity index (χ2n) is 3.29. The molecule has 2 heteroatoms. The molecule has 0 N–H and O–H groups in total. The fourth-order valence-corrected chi connectivity index (χ4v) is 1.77. The second-order valence-corrected chi connectivity index (χ2v) is 3.29. The molecule has 4 atom stereocenters. The fraction of sp³-hybridized carbons (Fsp3) is 0.778. The third kappa shape index (κ3) is 1.22. The maximum Gasteiger partial charge on any atom is 0.0750 e. The first-order chi connectivity index (χ1) is 5.22. The third-order valence-electron chi connectivity index (χ3n) is 2.79. The Kier molecular flexibility index (Phi) is 2.42. The van der Waals surface area contributed by atoms with Gasteiger partial charge in [-0.1, -0.05) is 13.8 Å². The van der Waals surface area contributed by atoms with Crippen molar-refractivity contribution in [3.63, 3.8) is 0 Å². The van der Waals surface area contributed by atoms with Crippen molar-refractivity contribution in [3.05, 3.63) is 0 Å². The zero-order valence-electron chi connectivity index (χ0n) is 7.49. The van der Waals surface area contributed by atoms with E-state index in [0.717, 1.165) is 0 Å². The van der Waals surface area contributed by atoms with E-state index in [1.165, 1.54) is 0 Å². The molecule has 0 saturated heterocycles. The predicted octanol–water partition coefficient (Wildman–Crippen LogP) is 1.80. The lowest BCUT2D eigenvalue weighted by Crippen LogP contribution is -2.50. The van der Waals surface area contributed by atoms with Gasteiger partial charge >= 0.3 is 0 Å². The molecule has 0 amide bonds. The minimum atomic E-state index is 0.362. The largest absolute Gasteiger partial charge is 0.295 e. The monoisotopic (exact) mass is 152 g/mol. The predicted molar refractivity (Wildman–Crippen MR) is 49.6 cm³/mol. The van der Waals surface area contributed by atoms with Crippen molar-refractivity contribution in [2.24, 2.45) is 21.8 Å². The van der Waals surface area contributed by atoms with Gasteiger partial charge < -0.3 is 0 Å². The quantitative estimate of drug-likeness (QED) is 0.539. The molecule has 2 nitrogen and oxygen atoms in total. The molecule has 62 valence electrons. The Labute approximate surface area is 68.4 Å². The average Bonchev–Trinajstić information content (AvgIpc) is 2.04. The molecular formula is C9H16N2. The molecule has 1 aliphatic rings. The molecule has 0 aliphatic heterocycles. The van der Waals surface area contributed by atoms with Crippen molar-refractivity contribution < 1.29 is 0 Å². The average molecular weight is 152 g/mol. The van der Waals surface area contributed by atoms with E-state index in [2.05, 4.69) is 30.5 Å².